The molecule has 21 heavy (non-hydrogen) atoms. The zero-order valence-electron chi connectivity index (χ0n) is 11.8. The van der Waals surface area contributed by atoms with Crippen molar-refractivity contribution in [3.05, 3.63) is 38.3 Å². The molecule has 2 aromatic rings. The van der Waals surface area contributed by atoms with Gasteiger partial charge < -0.3 is 4.74 Å². The summed E-state index contributed by atoms with van der Waals surface area (Å²) in [5, 5.41) is 6.38. The molecule has 2 aromatic heterocycles. The molecule has 0 N–H and O–H groups in total. The molecule has 6 heteroatoms. The second-order valence-electron chi connectivity index (χ2n) is 5.17. The number of ketones is 1. The predicted octanol–water partition coefficient (Wildman–Crippen LogP) is 3.66. The van der Waals surface area contributed by atoms with Crippen LogP contribution < -0.4 is 0 Å². The second kappa shape index (κ2) is 6.42. The van der Waals surface area contributed by atoms with Gasteiger partial charge in [0.15, 0.2) is 5.78 Å². The molecule has 0 amide bonds. The third kappa shape index (κ3) is 2.84. The third-order valence-electron chi connectivity index (χ3n) is 3.90. The maximum Gasteiger partial charge on any atom is 0.189 e. The molecule has 0 spiro atoms. The highest BCUT2D eigenvalue weighted by Crippen LogP contribution is 2.37. The van der Waals surface area contributed by atoms with Gasteiger partial charge in [0.1, 0.15) is 5.69 Å². The van der Waals surface area contributed by atoms with E-state index in [9.17, 15) is 4.79 Å². The van der Waals surface area contributed by atoms with Crippen LogP contribution in [-0.4, -0.2) is 29.3 Å². The standard InChI is InChI=1S/C15H17BrN2O2S/c1-20-7-6-18-14(12(16)9-17-18)15(19)11-3-2-4-13-10(11)5-8-21-13/h5,8-9,11H,2-4,6-7H2,1H3. The zero-order chi connectivity index (χ0) is 14.8. The zero-order valence-corrected chi connectivity index (χ0v) is 14.2. The Morgan fingerprint density at radius 3 is 3.29 bits per heavy atom. The van der Waals surface area contributed by atoms with Crippen LogP contribution in [0.25, 0.3) is 0 Å². The summed E-state index contributed by atoms with van der Waals surface area (Å²) >= 11 is 5.22. The van der Waals surface area contributed by atoms with Crippen LogP contribution in [0.4, 0.5) is 0 Å². The van der Waals surface area contributed by atoms with E-state index >= 15 is 0 Å². The van der Waals surface area contributed by atoms with Gasteiger partial charge in [0.25, 0.3) is 0 Å². The van der Waals surface area contributed by atoms with Crippen molar-refractivity contribution in [1.29, 1.82) is 0 Å². The average molecular weight is 369 g/mol. The van der Waals surface area contributed by atoms with Crippen LogP contribution >= 0.6 is 27.3 Å². The van der Waals surface area contributed by atoms with Gasteiger partial charge >= 0.3 is 0 Å². The minimum atomic E-state index is -0.0331. The molecule has 0 fully saturated rings. The van der Waals surface area contributed by atoms with E-state index in [-0.39, 0.29) is 11.7 Å². The van der Waals surface area contributed by atoms with Crippen LogP contribution in [0.2, 0.25) is 0 Å². The van der Waals surface area contributed by atoms with E-state index in [0.717, 1.165) is 23.7 Å². The molecule has 0 saturated carbocycles. The molecule has 112 valence electrons. The molecule has 1 atom stereocenters. The van der Waals surface area contributed by atoms with E-state index in [1.807, 2.05) is 0 Å². The molecular weight excluding hydrogens is 352 g/mol. The summed E-state index contributed by atoms with van der Waals surface area (Å²) in [4.78, 5) is 14.4. The van der Waals surface area contributed by atoms with Gasteiger partial charge in [-0.2, -0.15) is 5.10 Å². The van der Waals surface area contributed by atoms with E-state index in [1.54, 1.807) is 29.3 Å². The van der Waals surface area contributed by atoms with Crippen molar-refractivity contribution in [3.63, 3.8) is 0 Å². The summed E-state index contributed by atoms with van der Waals surface area (Å²) in [7, 11) is 1.65. The van der Waals surface area contributed by atoms with Gasteiger partial charge in [-0.25, -0.2) is 0 Å². The Balaban J connectivity index is 1.92. The number of hydrogen-bond donors (Lipinski definition) is 0. The van der Waals surface area contributed by atoms with Crippen LogP contribution in [0.3, 0.4) is 0 Å². The lowest BCUT2D eigenvalue weighted by Crippen LogP contribution is -2.22. The number of halogens is 1. The number of carbonyl (C=O) groups excluding carboxylic acids is 1. The van der Waals surface area contributed by atoms with Crippen molar-refractivity contribution in [2.24, 2.45) is 0 Å². The molecule has 0 saturated heterocycles. The van der Waals surface area contributed by atoms with Crippen molar-refractivity contribution in [1.82, 2.24) is 9.78 Å². The van der Waals surface area contributed by atoms with Crippen molar-refractivity contribution in [2.45, 2.75) is 31.7 Å². The van der Waals surface area contributed by atoms with Gasteiger partial charge in [-0.15, -0.1) is 11.3 Å². The van der Waals surface area contributed by atoms with Crippen molar-refractivity contribution < 1.29 is 9.53 Å². The topological polar surface area (TPSA) is 44.1 Å². The van der Waals surface area contributed by atoms with Gasteiger partial charge in [-0.05, 0) is 52.2 Å². The lowest BCUT2D eigenvalue weighted by molar-refractivity contribution is 0.0936. The minimum Gasteiger partial charge on any atom is -0.383 e. The maximum absolute atomic E-state index is 13.0. The average Bonchev–Trinajstić information content (AvgIpc) is 3.10. The van der Waals surface area contributed by atoms with E-state index < -0.39 is 0 Å². The Morgan fingerprint density at radius 1 is 1.62 bits per heavy atom. The van der Waals surface area contributed by atoms with Crippen LogP contribution in [-0.2, 0) is 17.7 Å². The maximum atomic E-state index is 13.0. The summed E-state index contributed by atoms with van der Waals surface area (Å²) < 4.78 is 7.61. The molecule has 2 heterocycles. The Kier molecular flexibility index (Phi) is 4.57. The molecule has 0 aromatic carbocycles. The second-order valence-corrected chi connectivity index (χ2v) is 7.02. The van der Waals surface area contributed by atoms with Crippen LogP contribution in [0.1, 0.15) is 39.7 Å². The normalized spacial score (nSPS) is 17.7. The number of carbonyl (C=O) groups is 1. The SMILES string of the molecule is COCCn1ncc(Br)c1C(=O)C1CCCc2sccc21. The Bertz CT molecular complexity index is 650. The van der Waals surface area contributed by atoms with Crippen LogP contribution in [0.15, 0.2) is 22.1 Å². The summed E-state index contributed by atoms with van der Waals surface area (Å²) in [6.07, 6.45) is 4.79. The van der Waals surface area contributed by atoms with Crippen molar-refractivity contribution >= 4 is 33.0 Å². The molecule has 1 aliphatic carbocycles. The molecule has 0 bridgehead atoms. The molecule has 3 rings (SSSR count). The monoisotopic (exact) mass is 368 g/mol. The predicted molar refractivity (Wildman–Crippen MR) is 86.1 cm³/mol. The first-order valence-electron chi connectivity index (χ1n) is 7.03. The van der Waals surface area contributed by atoms with E-state index in [0.29, 0.717) is 18.8 Å². The van der Waals surface area contributed by atoms with Gasteiger partial charge in [0.05, 0.1) is 29.7 Å². The molecule has 1 unspecified atom stereocenters. The van der Waals surface area contributed by atoms with E-state index in [4.69, 9.17) is 4.74 Å². The molecule has 1 aliphatic rings. The Morgan fingerprint density at radius 2 is 2.48 bits per heavy atom. The third-order valence-corrected chi connectivity index (χ3v) is 5.48. The number of aromatic nitrogens is 2. The van der Waals surface area contributed by atoms with Gasteiger partial charge in [-0.3, -0.25) is 9.48 Å². The first kappa shape index (κ1) is 14.9. The number of aryl methyl sites for hydroxylation is 1. The fourth-order valence-corrected chi connectivity index (χ4v) is 4.36. The smallest absolute Gasteiger partial charge is 0.189 e. The lowest BCUT2D eigenvalue weighted by atomic mass is 9.84. The number of thiophene rings is 1. The Hall–Kier alpha value is -0.980. The highest BCUT2D eigenvalue weighted by atomic mass is 79.9. The number of fused-ring (bicyclic) bond motifs is 1. The number of ether oxygens (including phenoxy) is 1. The summed E-state index contributed by atoms with van der Waals surface area (Å²) in [5.74, 6) is 0.129. The highest BCUT2D eigenvalue weighted by molar-refractivity contribution is 9.10. The van der Waals surface area contributed by atoms with Gasteiger partial charge in [0, 0.05) is 12.0 Å². The number of rotatable bonds is 5. The van der Waals surface area contributed by atoms with Gasteiger partial charge in [-0.1, -0.05) is 0 Å². The van der Waals surface area contributed by atoms with E-state index in [1.165, 1.54) is 10.4 Å². The van der Waals surface area contributed by atoms with Crippen molar-refractivity contribution in [2.75, 3.05) is 13.7 Å². The largest absolute Gasteiger partial charge is 0.383 e. The molecule has 0 radical (unpaired) electrons. The lowest BCUT2D eigenvalue weighted by Gasteiger charge is -2.22. The minimum absolute atomic E-state index is 0.0331. The number of methoxy groups -OCH3 is 1. The first-order chi connectivity index (χ1) is 10.2. The first-order valence-corrected chi connectivity index (χ1v) is 8.70. The Labute approximate surface area is 136 Å². The number of hydrogen-bond acceptors (Lipinski definition) is 4. The molecule has 0 aliphatic heterocycles. The van der Waals surface area contributed by atoms with Crippen LogP contribution in [0, 0.1) is 0 Å². The fraction of sp³-hybridized carbons (Fsp3) is 0.467. The highest BCUT2D eigenvalue weighted by Gasteiger charge is 2.31. The quantitative estimate of drug-likeness (QED) is 0.756. The summed E-state index contributed by atoms with van der Waals surface area (Å²) in [5.41, 5.74) is 1.87. The summed E-state index contributed by atoms with van der Waals surface area (Å²) in [6, 6.07) is 2.10. The van der Waals surface area contributed by atoms with Crippen LogP contribution in [0.5, 0.6) is 0 Å². The van der Waals surface area contributed by atoms with E-state index in [2.05, 4.69) is 32.5 Å². The molecule has 4 nitrogen and oxygen atoms in total. The summed E-state index contributed by atoms with van der Waals surface area (Å²) in [6.45, 7) is 1.13. The number of Topliss-reactive ketones (excluding diaryl/α,β-unsaturated/α-hetero) is 1. The number of nitrogens with zero attached hydrogens (tertiary/aromatic N) is 2. The fourth-order valence-electron chi connectivity index (χ4n) is 2.88. The molecular formula is C15H17BrN2O2S. The van der Waals surface area contributed by atoms with Gasteiger partial charge in [0.2, 0.25) is 0 Å². The van der Waals surface area contributed by atoms with Crippen molar-refractivity contribution in [3.8, 4) is 0 Å².